The van der Waals surface area contributed by atoms with E-state index in [2.05, 4.69) is 10.3 Å². The topological polar surface area (TPSA) is 48.2 Å². The molecule has 4 nitrogen and oxygen atoms in total. The van der Waals surface area contributed by atoms with Gasteiger partial charge in [-0.2, -0.15) is 0 Å². The molecule has 0 unspecified atom stereocenters. The highest BCUT2D eigenvalue weighted by atomic mass is 16.6. The molecule has 0 spiro atoms. The van der Waals surface area contributed by atoms with E-state index in [1.165, 1.54) is 0 Å². The molecule has 0 aliphatic carbocycles. The lowest BCUT2D eigenvalue weighted by Gasteiger charge is -2.01. The molecule has 0 saturated carbocycles. The molecule has 0 aliphatic heterocycles. The molecule has 0 bridgehead atoms. The van der Waals surface area contributed by atoms with E-state index in [0.717, 1.165) is 27.6 Å². The van der Waals surface area contributed by atoms with E-state index in [1.54, 1.807) is 7.11 Å². The van der Waals surface area contributed by atoms with Gasteiger partial charge in [0.15, 0.2) is 0 Å². The zero-order valence-corrected chi connectivity index (χ0v) is 8.10. The van der Waals surface area contributed by atoms with Crippen LogP contribution in [0.25, 0.3) is 21.8 Å². The lowest BCUT2D eigenvalue weighted by molar-refractivity contribution is 0.316. The van der Waals surface area contributed by atoms with Gasteiger partial charge in [-0.15, -0.1) is 0 Å². The van der Waals surface area contributed by atoms with Crippen molar-refractivity contribution in [3.05, 3.63) is 30.3 Å². The Morgan fingerprint density at radius 1 is 1.13 bits per heavy atom. The summed E-state index contributed by atoms with van der Waals surface area (Å²) in [6, 6.07) is 9.72. The molecule has 0 aliphatic rings. The van der Waals surface area contributed by atoms with Crippen LogP contribution in [-0.4, -0.2) is 17.4 Å². The largest absolute Gasteiger partial charge is 0.497 e. The van der Waals surface area contributed by atoms with Gasteiger partial charge < -0.3 is 4.74 Å². The van der Waals surface area contributed by atoms with Crippen molar-refractivity contribution in [2.24, 2.45) is 0 Å². The second-order valence-corrected chi connectivity index (χ2v) is 3.28. The van der Waals surface area contributed by atoms with Gasteiger partial charge in [0.05, 0.1) is 7.11 Å². The molecule has 0 saturated heterocycles. The molecule has 4 heteroatoms. The van der Waals surface area contributed by atoms with Crippen molar-refractivity contribution < 1.29 is 9.37 Å². The Morgan fingerprint density at radius 2 is 2.00 bits per heavy atom. The van der Waals surface area contributed by atoms with Crippen LogP contribution in [0.1, 0.15) is 0 Å². The summed E-state index contributed by atoms with van der Waals surface area (Å²) in [4.78, 5) is 0. The van der Waals surface area contributed by atoms with Crippen molar-refractivity contribution in [2.45, 2.75) is 0 Å². The third-order valence-electron chi connectivity index (χ3n) is 2.45. The fourth-order valence-corrected chi connectivity index (χ4v) is 1.67. The lowest BCUT2D eigenvalue weighted by atomic mass is 10.1. The quantitative estimate of drug-likeness (QED) is 0.605. The van der Waals surface area contributed by atoms with E-state index < -0.39 is 0 Å². The van der Waals surface area contributed by atoms with Crippen molar-refractivity contribution in [3.63, 3.8) is 0 Å². The fraction of sp³-hybridized carbons (Fsp3) is 0.0909. The van der Waals surface area contributed by atoms with E-state index in [1.807, 2.05) is 30.3 Å². The Balaban J connectivity index is 2.48. The first kappa shape index (κ1) is 8.23. The third-order valence-corrected chi connectivity index (χ3v) is 2.45. The molecule has 0 fully saturated rings. The van der Waals surface area contributed by atoms with Gasteiger partial charge in [0.25, 0.3) is 0 Å². The minimum atomic E-state index is 0.760. The van der Waals surface area contributed by atoms with Crippen LogP contribution in [0.15, 0.2) is 35.0 Å². The maximum atomic E-state index is 5.17. The Morgan fingerprint density at radius 3 is 2.87 bits per heavy atom. The third kappa shape index (κ3) is 1.15. The monoisotopic (exact) mass is 200 g/mol. The lowest BCUT2D eigenvalue weighted by Crippen LogP contribution is -1.83. The summed E-state index contributed by atoms with van der Waals surface area (Å²) in [6.07, 6.45) is 0. The first-order valence-corrected chi connectivity index (χ1v) is 4.57. The van der Waals surface area contributed by atoms with Gasteiger partial charge in [-0.1, -0.05) is 12.1 Å². The number of ether oxygens (including phenoxy) is 1. The van der Waals surface area contributed by atoms with Crippen molar-refractivity contribution in [3.8, 4) is 5.75 Å². The highest BCUT2D eigenvalue weighted by Crippen LogP contribution is 2.26. The SMILES string of the molecule is COc1ccc2ccc3nonc3c2c1. The number of hydrogen-bond acceptors (Lipinski definition) is 4. The predicted octanol–water partition coefficient (Wildman–Crippen LogP) is 2.38. The van der Waals surface area contributed by atoms with Crippen LogP contribution in [0.3, 0.4) is 0 Å². The average Bonchev–Trinajstić information content (AvgIpc) is 2.76. The van der Waals surface area contributed by atoms with E-state index in [0.29, 0.717) is 0 Å². The zero-order valence-electron chi connectivity index (χ0n) is 8.10. The summed E-state index contributed by atoms with van der Waals surface area (Å²) < 4.78 is 9.87. The van der Waals surface area contributed by atoms with Gasteiger partial charge in [0, 0.05) is 5.39 Å². The number of nitrogens with zero attached hydrogens (tertiary/aromatic N) is 2. The molecule has 74 valence electrons. The second-order valence-electron chi connectivity index (χ2n) is 3.28. The van der Waals surface area contributed by atoms with E-state index in [4.69, 9.17) is 9.37 Å². The molecule has 0 amide bonds. The van der Waals surface area contributed by atoms with Crippen LogP contribution in [0.2, 0.25) is 0 Å². The van der Waals surface area contributed by atoms with Crippen molar-refractivity contribution in [2.75, 3.05) is 7.11 Å². The summed E-state index contributed by atoms with van der Waals surface area (Å²) in [5.74, 6) is 0.804. The van der Waals surface area contributed by atoms with Crippen molar-refractivity contribution >= 4 is 21.8 Å². The molecule has 15 heavy (non-hydrogen) atoms. The smallest absolute Gasteiger partial charge is 0.143 e. The normalized spacial score (nSPS) is 11.0. The molecular weight excluding hydrogens is 192 g/mol. The Bertz CT molecular complexity index is 631. The molecular formula is C11H8N2O2. The number of methoxy groups -OCH3 is 1. The summed E-state index contributed by atoms with van der Waals surface area (Å²) >= 11 is 0. The van der Waals surface area contributed by atoms with Crippen LogP contribution >= 0.6 is 0 Å². The highest BCUT2D eigenvalue weighted by Gasteiger charge is 2.06. The van der Waals surface area contributed by atoms with Crippen LogP contribution in [-0.2, 0) is 0 Å². The first-order chi connectivity index (χ1) is 7.38. The standard InChI is InChI=1S/C11H8N2O2/c1-14-8-4-2-7-3-5-10-11(9(7)6-8)13-15-12-10/h2-6H,1H3. The Hall–Kier alpha value is -2.10. The second kappa shape index (κ2) is 2.95. The number of benzene rings is 2. The Kier molecular flexibility index (Phi) is 1.62. The van der Waals surface area contributed by atoms with Gasteiger partial charge in [-0.25, -0.2) is 4.63 Å². The molecule has 2 aromatic carbocycles. The van der Waals surface area contributed by atoms with E-state index in [-0.39, 0.29) is 0 Å². The van der Waals surface area contributed by atoms with Gasteiger partial charge in [-0.05, 0) is 33.9 Å². The molecule has 0 radical (unpaired) electrons. The number of fused-ring (bicyclic) bond motifs is 3. The van der Waals surface area contributed by atoms with Gasteiger partial charge in [-0.3, -0.25) is 0 Å². The summed E-state index contributed by atoms with van der Waals surface area (Å²) in [6.45, 7) is 0. The van der Waals surface area contributed by atoms with Gasteiger partial charge in [0.1, 0.15) is 16.8 Å². The summed E-state index contributed by atoms with van der Waals surface area (Å²) in [5.41, 5.74) is 1.53. The van der Waals surface area contributed by atoms with Crippen LogP contribution in [0.4, 0.5) is 0 Å². The van der Waals surface area contributed by atoms with Crippen molar-refractivity contribution in [1.29, 1.82) is 0 Å². The number of rotatable bonds is 1. The van der Waals surface area contributed by atoms with Crippen molar-refractivity contribution in [1.82, 2.24) is 10.3 Å². The predicted molar refractivity (Wildman–Crippen MR) is 55.9 cm³/mol. The summed E-state index contributed by atoms with van der Waals surface area (Å²) in [5, 5.41) is 9.77. The van der Waals surface area contributed by atoms with E-state index >= 15 is 0 Å². The maximum Gasteiger partial charge on any atom is 0.143 e. The van der Waals surface area contributed by atoms with Crippen LogP contribution in [0, 0.1) is 0 Å². The minimum absolute atomic E-state index is 0.760. The molecule has 3 rings (SSSR count). The molecule has 0 N–H and O–H groups in total. The molecule has 1 heterocycles. The van der Waals surface area contributed by atoms with E-state index in [9.17, 15) is 0 Å². The van der Waals surface area contributed by atoms with Crippen LogP contribution in [0.5, 0.6) is 5.75 Å². The van der Waals surface area contributed by atoms with Gasteiger partial charge in [0.2, 0.25) is 0 Å². The molecule has 3 aromatic rings. The Labute approximate surface area is 85.4 Å². The first-order valence-electron chi connectivity index (χ1n) is 4.57. The average molecular weight is 200 g/mol. The molecule has 0 atom stereocenters. The maximum absolute atomic E-state index is 5.17. The van der Waals surface area contributed by atoms with Crippen LogP contribution < -0.4 is 4.74 Å². The number of hydrogen-bond donors (Lipinski definition) is 0. The molecule has 1 aromatic heterocycles. The zero-order chi connectivity index (χ0) is 10.3. The minimum Gasteiger partial charge on any atom is -0.497 e. The summed E-state index contributed by atoms with van der Waals surface area (Å²) in [7, 11) is 1.64. The van der Waals surface area contributed by atoms with Gasteiger partial charge >= 0.3 is 0 Å². The number of aromatic nitrogens is 2. The highest BCUT2D eigenvalue weighted by molar-refractivity contribution is 6.03. The fourth-order valence-electron chi connectivity index (χ4n) is 1.67.